The van der Waals surface area contributed by atoms with E-state index in [1.54, 1.807) is 42.7 Å². The lowest BCUT2D eigenvalue weighted by molar-refractivity contribution is 0.628. The third kappa shape index (κ3) is 3.88. The number of benzene rings is 3. The monoisotopic (exact) mass is 444 g/mol. The summed E-state index contributed by atoms with van der Waals surface area (Å²) in [5.74, 6) is 0.145. The average Bonchev–Trinajstić information content (AvgIpc) is 2.82. The van der Waals surface area contributed by atoms with Crippen LogP contribution < -0.4 is 5.32 Å². The van der Waals surface area contributed by atoms with Crippen LogP contribution in [0.5, 0.6) is 0 Å². The molecule has 0 unspecified atom stereocenters. The molecule has 0 amide bonds. The highest BCUT2D eigenvalue weighted by atomic mass is 35.5. The Hall–Kier alpha value is -3.90. The highest BCUT2D eigenvalue weighted by Gasteiger charge is 2.13. The summed E-state index contributed by atoms with van der Waals surface area (Å²) >= 11 is 5.94. The van der Waals surface area contributed by atoms with Crippen molar-refractivity contribution >= 4 is 34.0 Å². The van der Waals surface area contributed by atoms with Crippen molar-refractivity contribution in [2.24, 2.45) is 0 Å². The van der Waals surface area contributed by atoms with E-state index in [9.17, 15) is 8.78 Å². The van der Waals surface area contributed by atoms with Gasteiger partial charge in [0, 0.05) is 34.6 Å². The van der Waals surface area contributed by atoms with E-state index >= 15 is 0 Å². The SMILES string of the molecule is Fc1ccc(Nc2nc(-c3cccnc3)nc3cc(-c4ccccc4F)ccc23)cc1Cl. The number of anilines is 2. The zero-order chi connectivity index (χ0) is 22.1. The summed E-state index contributed by atoms with van der Waals surface area (Å²) in [4.78, 5) is 13.5. The van der Waals surface area contributed by atoms with Gasteiger partial charge in [0.15, 0.2) is 5.82 Å². The van der Waals surface area contributed by atoms with Crippen molar-refractivity contribution in [3.63, 3.8) is 0 Å². The maximum atomic E-state index is 14.4. The van der Waals surface area contributed by atoms with E-state index in [2.05, 4.69) is 15.3 Å². The molecule has 0 aliphatic rings. The summed E-state index contributed by atoms with van der Waals surface area (Å²) in [7, 11) is 0. The lowest BCUT2D eigenvalue weighted by Gasteiger charge is -2.13. The van der Waals surface area contributed by atoms with Crippen LogP contribution in [0.15, 0.2) is 85.2 Å². The maximum absolute atomic E-state index is 14.4. The molecule has 0 saturated heterocycles. The molecule has 0 spiro atoms. The van der Waals surface area contributed by atoms with Gasteiger partial charge in [0.05, 0.1) is 10.5 Å². The molecule has 5 rings (SSSR count). The van der Waals surface area contributed by atoms with E-state index in [0.29, 0.717) is 34.0 Å². The van der Waals surface area contributed by atoms with Crippen molar-refractivity contribution in [1.82, 2.24) is 15.0 Å². The van der Waals surface area contributed by atoms with Crippen molar-refractivity contribution in [3.8, 4) is 22.5 Å². The second kappa shape index (κ2) is 8.32. The molecule has 3 aromatic carbocycles. The Labute approximate surface area is 187 Å². The predicted octanol–water partition coefficient (Wildman–Crippen LogP) is 7.03. The minimum atomic E-state index is -0.504. The molecule has 0 bridgehead atoms. The lowest BCUT2D eigenvalue weighted by Crippen LogP contribution is -2.00. The first-order chi connectivity index (χ1) is 15.6. The summed E-state index contributed by atoms with van der Waals surface area (Å²) in [5.41, 5.74) is 3.10. The molecule has 32 heavy (non-hydrogen) atoms. The second-order valence-corrected chi connectivity index (χ2v) is 7.51. The van der Waals surface area contributed by atoms with Gasteiger partial charge in [-0.05, 0) is 54.1 Å². The van der Waals surface area contributed by atoms with Crippen LogP contribution in [0, 0.1) is 11.6 Å². The maximum Gasteiger partial charge on any atom is 0.163 e. The van der Waals surface area contributed by atoms with Crippen molar-refractivity contribution in [2.45, 2.75) is 0 Å². The average molecular weight is 445 g/mol. The second-order valence-electron chi connectivity index (χ2n) is 7.10. The van der Waals surface area contributed by atoms with Crippen LogP contribution in [0.2, 0.25) is 5.02 Å². The highest BCUT2D eigenvalue weighted by molar-refractivity contribution is 6.31. The topological polar surface area (TPSA) is 50.7 Å². The molecule has 7 heteroatoms. The van der Waals surface area contributed by atoms with E-state index in [-0.39, 0.29) is 10.8 Å². The Bertz CT molecular complexity index is 1440. The highest BCUT2D eigenvalue weighted by Crippen LogP contribution is 2.32. The molecular formula is C25H15ClF2N4. The first-order valence-corrected chi connectivity index (χ1v) is 10.2. The zero-order valence-electron chi connectivity index (χ0n) is 16.6. The van der Waals surface area contributed by atoms with Crippen LogP contribution in [0.3, 0.4) is 0 Å². The number of pyridine rings is 1. The minimum Gasteiger partial charge on any atom is -0.340 e. The number of hydrogen-bond donors (Lipinski definition) is 1. The van der Waals surface area contributed by atoms with E-state index in [1.165, 1.54) is 18.2 Å². The van der Waals surface area contributed by atoms with Gasteiger partial charge in [-0.3, -0.25) is 4.98 Å². The zero-order valence-corrected chi connectivity index (χ0v) is 17.3. The largest absolute Gasteiger partial charge is 0.340 e. The molecule has 4 nitrogen and oxygen atoms in total. The Morgan fingerprint density at radius 3 is 2.44 bits per heavy atom. The smallest absolute Gasteiger partial charge is 0.163 e. The van der Waals surface area contributed by atoms with Crippen LogP contribution in [0.25, 0.3) is 33.4 Å². The van der Waals surface area contributed by atoms with Gasteiger partial charge < -0.3 is 5.32 Å². The molecule has 0 atom stereocenters. The van der Waals surface area contributed by atoms with E-state index in [4.69, 9.17) is 16.6 Å². The number of nitrogens with one attached hydrogen (secondary N) is 1. The lowest BCUT2D eigenvalue weighted by atomic mass is 10.0. The molecule has 0 aliphatic carbocycles. The summed E-state index contributed by atoms with van der Waals surface area (Å²) in [6.07, 6.45) is 3.33. The van der Waals surface area contributed by atoms with Crippen LogP contribution in [0.1, 0.15) is 0 Å². The van der Waals surface area contributed by atoms with Gasteiger partial charge in [0.25, 0.3) is 0 Å². The number of rotatable bonds is 4. The predicted molar refractivity (Wildman–Crippen MR) is 123 cm³/mol. The fourth-order valence-corrected chi connectivity index (χ4v) is 3.60. The molecule has 156 valence electrons. The van der Waals surface area contributed by atoms with Crippen LogP contribution in [0.4, 0.5) is 20.3 Å². The Morgan fingerprint density at radius 1 is 0.781 bits per heavy atom. The molecule has 0 aliphatic heterocycles. The number of hydrogen-bond acceptors (Lipinski definition) is 4. The van der Waals surface area contributed by atoms with Gasteiger partial charge in [-0.1, -0.05) is 35.9 Å². The number of halogens is 3. The Balaban J connectivity index is 1.68. The van der Waals surface area contributed by atoms with Crippen LogP contribution in [-0.2, 0) is 0 Å². The molecule has 5 aromatic rings. The number of fused-ring (bicyclic) bond motifs is 1. The van der Waals surface area contributed by atoms with Gasteiger partial charge in [0.1, 0.15) is 17.5 Å². The molecule has 0 radical (unpaired) electrons. The van der Waals surface area contributed by atoms with Gasteiger partial charge in [-0.15, -0.1) is 0 Å². The van der Waals surface area contributed by atoms with Crippen molar-refractivity contribution in [3.05, 3.63) is 102 Å². The number of nitrogens with zero attached hydrogens (tertiary/aromatic N) is 3. The van der Waals surface area contributed by atoms with Gasteiger partial charge in [-0.25, -0.2) is 18.7 Å². The summed E-state index contributed by atoms with van der Waals surface area (Å²) in [5, 5.41) is 3.92. The van der Waals surface area contributed by atoms with Gasteiger partial charge in [0.2, 0.25) is 0 Å². The number of aromatic nitrogens is 3. The molecule has 1 N–H and O–H groups in total. The van der Waals surface area contributed by atoms with Crippen molar-refractivity contribution in [2.75, 3.05) is 5.32 Å². The normalized spacial score (nSPS) is 11.0. The van der Waals surface area contributed by atoms with E-state index in [1.807, 2.05) is 24.3 Å². The third-order valence-corrected chi connectivity index (χ3v) is 5.27. The first kappa shape index (κ1) is 20.0. The standard InChI is InChI=1S/C25H15ClF2N4/c26-20-13-17(8-10-22(20)28)30-25-19-9-7-15(18-5-1-2-6-21(18)27)12-23(19)31-24(32-25)16-4-3-11-29-14-16/h1-14H,(H,30,31,32). The van der Waals surface area contributed by atoms with E-state index < -0.39 is 5.82 Å². The summed E-state index contributed by atoms with van der Waals surface area (Å²) in [6.45, 7) is 0. The molecule has 0 fully saturated rings. The summed E-state index contributed by atoms with van der Waals surface area (Å²) < 4.78 is 28.0. The molecule has 2 heterocycles. The van der Waals surface area contributed by atoms with Crippen molar-refractivity contribution < 1.29 is 8.78 Å². The van der Waals surface area contributed by atoms with E-state index in [0.717, 1.165) is 10.9 Å². The first-order valence-electron chi connectivity index (χ1n) is 9.78. The van der Waals surface area contributed by atoms with Gasteiger partial charge >= 0.3 is 0 Å². The minimum absolute atomic E-state index is 0.00248. The third-order valence-electron chi connectivity index (χ3n) is 4.98. The van der Waals surface area contributed by atoms with Crippen LogP contribution in [-0.4, -0.2) is 15.0 Å². The molecule has 2 aromatic heterocycles. The Kier molecular flexibility index (Phi) is 5.21. The Morgan fingerprint density at radius 2 is 1.66 bits per heavy atom. The van der Waals surface area contributed by atoms with Crippen LogP contribution >= 0.6 is 11.6 Å². The quantitative estimate of drug-likeness (QED) is 0.323. The fourth-order valence-electron chi connectivity index (χ4n) is 3.42. The fraction of sp³-hybridized carbons (Fsp3) is 0. The molecule has 0 saturated carbocycles. The molecular weight excluding hydrogens is 430 g/mol. The summed E-state index contributed by atoms with van der Waals surface area (Å²) in [6, 6.07) is 20.0. The van der Waals surface area contributed by atoms with Gasteiger partial charge in [-0.2, -0.15) is 0 Å². The van der Waals surface area contributed by atoms with Crippen molar-refractivity contribution in [1.29, 1.82) is 0 Å².